The lowest BCUT2D eigenvalue weighted by molar-refractivity contribution is -0.124. The van der Waals surface area contributed by atoms with E-state index in [4.69, 9.17) is 9.47 Å². The number of hydrogen-bond donors (Lipinski definition) is 1. The number of methoxy groups -OCH3 is 1. The number of hydrogen-bond acceptors (Lipinski definition) is 4. The minimum atomic E-state index is -0.542. The molecule has 0 aliphatic rings. The number of nitrogens with one attached hydrogen (secondary N) is 1. The van der Waals surface area contributed by atoms with Gasteiger partial charge in [-0.25, -0.2) is 4.79 Å². The first kappa shape index (κ1) is 17.5. The first-order valence-electron chi connectivity index (χ1n) is 7.78. The first-order chi connectivity index (χ1) is 11.6. The molecule has 2 aromatic rings. The van der Waals surface area contributed by atoms with Gasteiger partial charge in [0.2, 0.25) is 0 Å². The first-order valence-corrected chi connectivity index (χ1v) is 7.78. The van der Waals surface area contributed by atoms with Crippen molar-refractivity contribution in [1.29, 1.82) is 0 Å². The van der Waals surface area contributed by atoms with Gasteiger partial charge in [0.15, 0.2) is 6.61 Å². The van der Waals surface area contributed by atoms with Crippen LogP contribution in [-0.4, -0.2) is 25.6 Å². The molecule has 0 heterocycles. The molecule has 0 bridgehead atoms. The van der Waals surface area contributed by atoms with E-state index in [-0.39, 0.29) is 12.5 Å². The molecule has 1 amide bonds. The van der Waals surface area contributed by atoms with Crippen molar-refractivity contribution in [1.82, 2.24) is 5.32 Å². The van der Waals surface area contributed by atoms with Gasteiger partial charge in [0.05, 0.1) is 12.7 Å². The van der Waals surface area contributed by atoms with Gasteiger partial charge in [-0.1, -0.05) is 31.2 Å². The van der Waals surface area contributed by atoms with Crippen molar-refractivity contribution < 1.29 is 19.1 Å². The minimum absolute atomic E-state index is 0.308. The predicted octanol–water partition coefficient (Wildman–Crippen LogP) is 2.73. The summed E-state index contributed by atoms with van der Waals surface area (Å²) in [4.78, 5) is 23.6. The summed E-state index contributed by atoms with van der Waals surface area (Å²) < 4.78 is 10.0. The molecule has 0 aliphatic carbocycles. The van der Waals surface area contributed by atoms with Crippen LogP contribution in [0.3, 0.4) is 0 Å². The fourth-order valence-electron chi connectivity index (χ4n) is 2.09. The average Bonchev–Trinajstić information content (AvgIpc) is 2.64. The molecule has 24 heavy (non-hydrogen) atoms. The Morgan fingerprint density at radius 3 is 2.17 bits per heavy atom. The molecule has 0 aromatic heterocycles. The van der Waals surface area contributed by atoms with Crippen LogP contribution in [0, 0.1) is 0 Å². The Kier molecular flexibility index (Phi) is 6.37. The van der Waals surface area contributed by atoms with Crippen molar-refractivity contribution in [2.45, 2.75) is 19.9 Å². The van der Waals surface area contributed by atoms with Gasteiger partial charge in [-0.05, 0) is 41.8 Å². The van der Waals surface area contributed by atoms with Crippen LogP contribution in [0.1, 0.15) is 28.4 Å². The second kappa shape index (κ2) is 8.72. The minimum Gasteiger partial charge on any atom is -0.497 e. The van der Waals surface area contributed by atoms with Gasteiger partial charge in [-0.2, -0.15) is 0 Å². The van der Waals surface area contributed by atoms with Crippen LogP contribution in [-0.2, 0) is 22.5 Å². The van der Waals surface area contributed by atoms with E-state index in [1.807, 2.05) is 24.3 Å². The molecule has 2 rings (SSSR count). The van der Waals surface area contributed by atoms with Crippen molar-refractivity contribution in [2.24, 2.45) is 0 Å². The fraction of sp³-hybridized carbons (Fsp3) is 0.263. The molecule has 0 saturated heterocycles. The van der Waals surface area contributed by atoms with E-state index < -0.39 is 5.97 Å². The Morgan fingerprint density at radius 1 is 0.958 bits per heavy atom. The van der Waals surface area contributed by atoms with Crippen molar-refractivity contribution in [2.75, 3.05) is 13.7 Å². The number of carbonyl (C=O) groups is 2. The lowest BCUT2D eigenvalue weighted by Crippen LogP contribution is -2.28. The SMILES string of the molecule is CCc1ccc(CNC(=O)COC(=O)c2ccc(OC)cc2)cc1. The van der Waals surface area contributed by atoms with Gasteiger partial charge in [0.1, 0.15) is 5.75 Å². The Labute approximate surface area is 141 Å². The Morgan fingerprint density at radius 2 is 1.58 bits per heavy atom. The zero-order valence-corrected chi connectivity index (χ0v) is 13.9. The van der Waals surface area contributed by atoms with E-state index in [2.05, 4.69) is 12.2 Å². The lowest BCUT2D eigenvalue weighted by Gasteiger charge is -2.08. The Balaban J connectivity index is 1.76. The van der Waals surface area contributed by atoms with Crippen molar-refractivity contribution in [3.05, 3.63) is 65.2 Å². The van der Waals surface area contributed by atoms with Crippen LogP contribution in [0.15, 0.2) is 48.5 Å². The predicted molar refractivity (Wildman–Crippen MR) is 90.9 cm³/mol. The van der Waals surface area contributed by atoms with E-state index in [0.717, 1.165) is 12.0 Å². The van der Waals surface area contributed by atoms with E-state index in [1.54, 1.807) is 31.4 Å². The summed E-state index contributed by atoms with van der Waals surface area (Å²) in [5, 5.41) is 2.73. The number of carbonyl (C=O) groups excluding carboxylic acids is 2. The number of amides is 1. The number of rotatable bonds is 7. The fourth-order valence-corrected chi connectivity index (χ4v) is 2.09. The topological polar surface area (TPSA) is 64.6 Å². The second-order valence-corrected chi connectivity index (χ2v) is 5.25. The summed E-state index contributed by atoms with van der Waals surface area (Å²) >= 11 is 0. The van der Waals surface area contributed by atoms with Gasteiger partial charge in [0.25, 0.3) is 5.91 Å². The molecule has 0 spiro atoms. The Bertz CT molecular complexity index is 678. The largest absolute Gasteiger partial charge is 0.497 e. The normalized spacial score (nSPS) is 10.1. The summed E-state index contributed by atoms with van der Waals surface area (Å²) in [6.45, 7) is 2.19. The lowest BCUT2D eigenvalue weighted by atomic mass is 10.1. The molecular formula is C19H21NO4. The van der Waals surface area contributed by atoms with Crippen LogP contribution in [0.5, 0.6) is 5.75 Å². The van der Waals surface area contributed by atoms with Gasteiger partial charge in [-0.3, -0.25) is 4.79 Å². The Hall–Kier alpha value is -2.82. The van der Waals surface area contributed by atoms with Crippen LogP contribution < -0.4 is 10.1 Å². The molecule has 0 fully saturated rings. The van der Waals surface area contributed by atoms with Crippen LogP contribution in [0.25, 0.3) is 0 Å². The molecule has 0 unspecified atom stereocenters. The smallest absolute Gasteiger partial charge is 0.338 e. The average molecular weight is 327 g/mol. The quantitative estimate of drug-likeness (QED) is 0.794. The maximum Gasteiger partial charge on any atom is 0.338 e. The highest BCUT2D eigenvalue weighted by Crippen LogP contribution is 2.12. The number of ether oxygens (including phenoxy) is 2. The second-order valence-electron chi connectivity index (χ2n) is 5.25. The van der Waals surface area contributed by atoms with Gasteiger partial charge < -0.3 is 14.8 Å². The standard InChI is InChI=1S/C19H21NO4/c1-3-14-4-6-15(7-5-14)12-20-18(21)13-24-19(22)16-8-10-17(23-2)11-9-16/h4-11H,3,12-13H2,1-2H3,(H,20,21). The summed E-state index contributed by atoms with van der Waals surface area (Å²) in [7, 11) is 1.55. The highest BCUT2D eigenvalue weighted by Gasteiger charge is 2.10. The monoisotopic (exact) mass is 327 g/mol. The molecule has 2 aromatic carbocycles. The van der Waals surface area contributed by atoms with E-state index >= 15 is 0 Å². The molecule has 0 aliphatic heterocycles. The maximum absolute atomic E-state index is 11.9. The number of esters is 1. The van der Waals surface area contributed by atoms with Crippen molar-refractivity contribution >= 4 is 11.9 Å². The summed E-state index contributed by atoms with van der Waals surface area (Å²) in [5.41, 5.74) is 2.62. The van der Waals surface area contributed by atoms with Crippen molar-refractivity contribution in [3.63, 3.8) is 0 Å². The van der Waals surface area contributed by atoms with Gasteiger partial charge in [0, 0.05) is 6.54 Å². The molecule has 126 valence electrons. The third-order valence-electron chi connectivity index (χ3n) is 3.58. The van der Waals surface area contributed by atoms with Gasteiger partial charge in [-0.15, -0.1) is 0 Å². The van der Waals surface area contributed by atoms with E-state index in [0.29, 0.717) is 17.9 Å². The molecule has 0 saturated carbocycles. The molecule has 5 nitrogen and oxygen atoms in total. The molecule has 5 heteroatoms. The third kappa shape index (κ3) is 5.12. The van der Waals surface area contributed by atoms with E-state index in [1.165, 1.54) is 5.56 Å². The molecule has 0 atom stereocenters. The van der Waals surface area contributed by atoms with Crippen LogP contribution >= 0.6 is 0 Å². The van der Waals surface area contributed by atoms with Crippen LogP contribution in [0.4, 0.5) is 0 Å². The third-order valence-corrected chi connectivity index (χ3v) is 3.58. The molecule has 1 N–H and O–H groups in total. The van der Waals surface area contributed by atoms with Crippen molar-refractivity contribution in [3.8, 4) is 5.75 Å². The van der Waals surface area contributed by atoms with Crippen LogP contribution in [0.2, 0.25) is 0 Å². The summed E-state index contributed by atoms with van der Waals surface area (Å²) in [6.07, 6.45) is 0.980. The zero-order valence-electron chi connectivity index (χ0n) is 13.9. The highest BCUT2D eigenvalue weighted by molar-refractivity contribution is 5.91. The molecule has 0 radical (unpaired) electrons. The van der Waals surface area contributed by atoms with E-state index in [9.17, 15) is 9.59 Å². The number of aryl methyl sites for hydroxylation is 1. The zero-order chi connectivity index (χ0) is 17.4. The highest BCUT2D eigenvalue weighted by atomic mass is 16.5. The number of benzene rings is 2. The van der Waals surface area contributed by atoms with Gasteiger partial charge >= 0.3 is 5.97 Å². The summed E-state index contributed by atoms with van der Waals surface area (Å²) in [5.74, 6) is -0.227. The maximum atomic E-state index is 11.9. The summed E-state index contributed by atoms with van der Waals surface area (Å²) in [6, 6.07) is 14.5. The molecular weight excluding hydrogens is 306 g/mol.